The van der Waals surface area contributed by atoms with Gasteiger partial charge in [-0.05, 0) is 79.9 Å². The van der Waals surface area contributed by atoms with Crippen molar-refractivity contribution >= 4 is 35.0 Å². The number of rotatable bonds is 11. The fraction of sp³-hybridized carbons (Fsp3) is 0.393. The second kappa shape index (κ2) is 13.4. The molecule has 0 bridgehead atoms. The van der Waals surface area contributed by atoms with E-state index in [-0.39, 0.29) is 24.1 Å². The summed E-state index contributed by atoms with van der Waals surface area (Å²) < 4.78 is 33.3. The maximum absolute atomic E-state index is 13.8. The number of amides is 1. The predicted molar refractivity (Wildman–Crippen MR) is 148 cm³/mol. The van der Waals surface area contributed by atoms with Gasteiger partial charge in [-0.25, -0.2) is 18.6 Å². The summed E-state index contributed by atoms with van der Waals surface area (Å²) >= 11 is 2.61. The van der Waals surface area contributed by atoms with Crippen LogP contribution in [0.5, 0.6) is 5.75 Å². The number of carboxylic acids is 1. The van der Waals surface area contributed by atoms with Crippen LogP contribution < -0.4 is 10.1 Å². The lowest BCUT2D eigenvalue weighted by Gasteiger charge is -2.33. The Balaban J connectivity index is 1.43. The summed E-state index contributed by atoms with van der Waals surface area (Å²) in [5.74, 6) is -2.39. The molecule has 1 amide bonds. The van der Waals surface area contributed by atoms with Crippen LogP contribution in [0.2, 0.25) is 0 Å². The summed E-state index contributed by atoms with van der Waals surface area (Å²) in [4.78, 5) is 31.8. The topological polar surface area (TPSA) is 91.8 Å². The first kappa shape index (κ1) is 29.0. The molecule has 0 radical (unpaired) electrons. The van der Waals surface area contributed by atoms with E-state index < -0.39 is 23.6 Å². The second-order valence-corrected chi connectivity index (χ2v) is 11.1. The summed E-state index contributed by atoms with van der Waals surface area (Å²) in [6.45, 7) is 3.99. The summed E-state index contributed by atoms with van der Waals surface area (Å²) in [5.41, 5.74) is 1.54. The van der Waals surface area contributed by atoms with E-state index in [4.69, 9.17) is 4.74 Å². The molecule has 0 saturated carbocycles. The van der Waals surface area contributed by atoms with E-state index in [1.807, 2.05) is 0 Å². The van der Waals surface area contributed by atoms with Crippen LogP contribution in [0.15, 0.2) is 46.7 Å². The van der Waals surface area contributed by atoms with Crippen LogP contribution in [0, 0.1) is 17.6 Å². The number of thioether (sulfide) groups is 1. The normalized spacial score (nSPS) is 14.7. The quantitative estimate of drug-likeness (QED) is 0.284. The van der Waals surface area contributed by atoms with E-state index in [9.17, 15) is 23.5 Å². The number of carboxylic acid groups (broad SMARTS) is 1. The van der Waals surface area contributed by atoms with Gasteiger partial charge in [-0.15, -0.1) is 23.1 Å². The van der Waals surface area contributed by atoms with Crippen LogP contribution in [0.1, 0.15) is 41.7 Å². The van der Waals surface area contributed by atoms with Gasteiger partial charge in [0, 0.05) is 16.8 Å². The molecular formula is C28H31F2N3O4S2. The zero-order valence-corrected chi connectivity index (χ0v) is 23.4. The van der Waals surface area contributed by atoms with Gasteiger partial charge >= 0.3 is 5.97 Å². The number of halogens is 2. The molecule has 1 aliphatic rings. The van der Waals surface area contributed by atoms with E-state index in [1.54, 1.807) is 42.8 Å². The zero-order chi connectivity index (χ0) is 27.9. The molecule has 1 unspecified atom stereocenters. The fourth-order valence-corrected chi connectivity index (χ4v) is 5.94. The van der Waals surface area contributed by atoms with Gasteiger partial charge in [0.25, 0.3) is 5.91 Å². The first-order valence-corrected chi connectivity index (χ1v) is 14.9. The third kappa shape index (κ3) is 7.14. The molecule has 39 heavy (non-hydrogen) atoms. The van der Waals surface area contributed by atoms with Crippen LogP contribution in [0.3, 0.4) is 0 Å². The number of nitrogens with one attached hydrogen (secondary N) is 1. The minimum atomic E-state index is -1.02. The van der Waals surface area contributed by atoms with Crippen molar-refractivity contribution in [2.24, 2.45) is 5.92 Å². The Morgan fingerprint density at radius 2 is 1.90 bits per heavy atom. The molecule has 1 fully saturated rings. The zero-order valence-electron chi connectivity index (χ0n) is 21.8. The van der Waals surface area contributed by atoms with Crippen LogP contribution in [0.4, 0.5) is 8.78 Å². The van der Waals surface area contributed by atoms with E-state index in [0.717, 1.165) is 31.5 Å². The van der Waals surface area contributed by atoms with Crippen molar-refractivity contribution in [3.8, 4) is 16.9 Å². The second-order valence-electron chi connectivity index (χ2n) is 9.32. The molecule has 1 atom stereocenters. The van der Waals surface area contributed by atoms with Crippen molar-refractivity contribution in [1.82, 2.24) is 15.2 Å². The fourth-order valence-electron chi connectivity index (χ4n) is 4.64. The lowest BCUT2D eigenvalue weighted by atomic mass is 9.96. The monoisotopic (exact) mass is 575 g/mol. The highest BCUT2D eigenvalue weighted by molar-refractivity contribution is 7.98. The number of aromatic nitrogens is 1. The molecule has 2 heterocycles. The predicted octanol–water partition coefficient (Wildman–Crippen LogP) is 5.69. The third-order valence-corrected chi connectivity index (χ3v) is 8.36. The van der Waals surface area contributed by atoms with Gasteiger partial charge in [0.05, 0.1) is 0 Å². The number of carbonyl (C=O) groups is 2. The Morgan fingerprint density at radius 3 is 2.54 bits per heavy atom. The minimum Gasteiger partial charge on any atom is -0.486 e. The molecule has 208 valence electrons. The summed E-state index contributed by atoms with van der Waals surface area (Å²) in [6, 6.07) is 8.48. The Hall–Kier alpha value is -3.02. The van der Waals surface area contributed by atoms with Crippen LogP contribution in [0.25, 0.3) is 11.1 Å². The van der Waals surface area contributed by atoms with E-state index in [0.29, 0.717) is 34.2 Å². The first-order chi connectivity index (χ1) is 18.8. The molecule has 4 rings (SSSR count). The number of hydrogen-bond acceptors (Lipinski definition) is 7. The number of thiazole rings is 1. The standard InChI is InChI=1S/C28H31F2N3O4S2/c1-3-24(28(35)36)33(14-17-8-10-31-11-9-17)27(34)23-16-39-26(32-23)15-37-19-6-4-18(5-7-19)20-12-21(29)22(30)13-25(20)38-2/h4-7,12-13,16-17,24,31H,3,8-11,14-15H2,1-2H3,(H,35,36). The van der Waals surface area contributed by atoms with Gasteiger partial charge in [-0.2, -0.15) is 0 Å². The van der Waals surface area contributed by atoms with E-state index in [2.05, 4.69) is 10.3 Å². The molecule has 0 spiro atoms. The van der Waals surface area contributed by atoms with Gasteiger partial charge in [-0.1, -0.05) is 19.1 Å². The Bertz CT molecular complexity index is 1300. The van der Waals surface area contributed by atoms with E-state index in [1.165, 1.54) is 40.1 Å². The Kier molecular flexibility index (Phi) is 9.93. The van der Waals surface area contributed by atoms with Crippen molar-refractivity contribution < 1.29 is 28.2 Å². The highest BCUT2D eigenvalue weighted by atomic mass is 32.2. The van der Waals surface area contributed by atoms with Crippen LogP contribution in [-0.2, 0) is 11.4 Å². The van der Waals surface area contributed by atoms with Crippen LogP contribution >= 0.6 is 23.1 Å². The molecule has 3 aromatic rings. The largest absolute Gasteiger partial charge is 0.486 e. The lowest BCUT2D eigenvalue weighted by Crippen LogP contribution is -2.48. The van der Waals surface area contributed by atoms with Gasteiger partial charge in [0.15, 0.2) is 11.6 Å². The van der Waals surface area contributed by atoms with Crippen molar-refractivity contribution in [2.45, 2.75) is 43.7 Å². The van der Waals surface area contributed by atoms with Crippen molar-refractivity contribution in [1.29, 1.82) is 0 Å². The summed E-state index contributed by atoms with van der Waals surface area (Å²) in [6.07, 6.45) is 3.90. The maximum atomic E-state index is 13.8. The molecule has 7 nitrogen and oxygen atoms in total. The Labute approximate surface area is 234 Å². The number of benzene rings is 2. The number of aliphatic carboxylic acids is 1. The number of ether oxygens (including phenoxy) is 1. The SMILES string of the molecule is CCC(C(=O)O)N(CC1CCNCC1)C(=O)c1csc(COc2ccc(-c3cc(F)c(F)cc3SC)cc2)n1. The number of carbonyl (C=O) groups excluding carboxylic acids is 1. The van der Waals surface area contributed by atoms with Crippen LogP contribution in [-0.4, -0.2) is 58.8 Å². The molecule has 2 aromatic carbocycles. The molecule has 1 aromatic heterocycles. The van der Waals surface area contributed by atoms with E-state index >= 15 is 0 Å². The molecular weight excluding hydrogens is 544 g/mol. The minimum absolute atomic E-state index is 0.128. The van der Waals surface area contributed by atoms with Crippen molar-refractivity contribution in [3.63, 3.8) is 0 Å². The number of piperidine rings is 1. The summed E-state index contributed by atoms with van der Waals surface area (Å²) in [7, 11) is 0. The third-order valence-electron chi connectivity index (χ3n) is 6.76. The van der Waals surface area contributed by atoms with Crippen molar-refractivity contribution in [3.05, 3.63) is 64.1 Å². The smallest absolute Gasteiger partial charge is 0.326 e. The molecule has 11 heteroatoms. The molecule has 1 saturated heterocycles. The molecule has 0 aliphatic carbocycles. The first-order valence-electron chi connectivity index (χ1n) is 12.8. The molecule has 1 aliphatic heterocycles. The Morgan fingerprint density at radius 1 is 1.21 bits per heavy atom. The lowest BCUT2D eigenvalue weighted by molar-refractivity contribution is -0.142. The molecule has 2 N–H and O–H groups in total. The highest BCUT2D eigenvalue weighted by Crippen LogP contribution is 2.33. The van der Waals surface area contributed by atoms with Gasteiger partial charge in [0.1, 0.15) is 29.1 Å². The van der Waals surface area contributed by atoms with Gasteiger partial charge in [-0.3, -0.25) is 4.79 Å². The van der Waals surface area contributed by atoms with Gasteiger partial charge in [0.2, 0.25) is 0 Å². The average Bonchev–Trinajstić information content (AvgIpc) is 3.42. The number of hydrogen-bond donors (Lipinski definition) is 2. The maximum Gasteiger partial charge on any atom is 0.326 e. The number of nitrogens with zero attached hydrogens (tertiary/aromatic N) is 2. The summed E-state index contributed by atoms with van der Waals surface area (Å²) in [5, 5.41) is 15.3. The average molecular weight is 576 g/mol. The van der Waals surface area contributed by atoms with Crippen molar-refractivity contribution in [2.75, 3.05) is 25.9 Å². The highest BCUT2D eigenvalue weighted by Gasteiger charge is 2.32. The van der Waals surface area contributed by atoms with Gasteiger partial charge < -0.3 is 20.1 Å².